The molecule has 0 amide bonds. The molecule has 5 heteroatoms. The number of fused-ring (bicyclic) bond motifs is 1. The van der Waals surface area contributed by atoms with Gasteiger partial charge in [-0.2, -0.15) is 0 Å². The van der Waals surface area contributed by atoms with E-state index in [1.807, 2.05) is 48.9 Å². The minimum absolute atomic E-state index is 0.164. The zero-order valence-corrected chi connectivity index (χ0v) is 31.2. The normalized spacial score (nSPS) is 14.4. The fourth-order valence-corrected chi connectivity index (χ4v) is 7.38. The molecule has 270 valence electrons. The molecule has 1 atom stereocenters. The molecule has 3 aromatic heterocycles. The average molecular weight is 732 g/mol. The maximum absolute atomic E-state index is 5.67. The van der Waals surface area contributed by atoms with E-state index in [0.717, 1.165) is 61.2 Å². The highest BCUT2D eigenvalue weighted by atomic mass is 15.0. The van der Waals surface area contributed by atoms with Crippen molar-refractivity contribution in [1.82, 2.24) is 24.9 Å². The molecule has 0 aliphatic heterocycles. The molecule has 57 heavy (non-hydrogen) atoms. The van der Waals surface area contributed by atoms with Gasteiger partial charge in [-0.1, -0.05) is 133 Å². The summed E-state index contributed by atoms with van der Waals surface area (Å²) >= 11 is 0. The SMILES string of the molecule is C#C/C=c1/cccc/c1=C/Cc1nc(-c2cc(-c3ccc(-c4cccnc4)cc3)cc(C3C=CC(c4cccnc4)=CC3)c2)nc(-c2ccc3ccccc3c2)n1. The van der Waals surface area contributed by atoms with Crippen LogP contribution in [0.4, 0.5) is 0 Å². The average Bonchev–Trinajstić information content (AvgIpc) is 3.29. The van der Waals surface area contributed by atoms with E-state index in [-0.39, 0.29) is 5.92 Å². The molecule has 1 aliphatic carbocycles. The van der Waals surface area contributed by atoms with E-state index in [1.165, 1.54) is 16.5 Å². The predicted molar refractivity (Wildman–Crippen MR) is 233 cm³/mol. The molecule has 8 aromatic rings. The van der Waals surface area contributed by atoms with E-state index < -0.39 is 0 Å². The minimum atomic E-state index is 0.164. The van der Waals surface area contributed by atoms with E-state index in [9.17, 15) is 0 Å². The maximum atomic E-state index is 5.67. The third-order valence-corrected chi connectivity index (χ3v) is 10.4. The summed E-state index contributed by atoms with van der Waals surface area (Å²) in [5.41, 5.74) is 9.75. The van der Waals surface area contributed by atoms with Crippen LogP contribution in [0.15, 0.2) is 176 Å². The molecule has 1 aliphatic rings. The lowest BCUT2D eigenvalue weighted by Gasteiger charge is -2.19. The van der Waals surface area contributed by atoms with Gasteiger partial charge in [-0.15, -0.1) is 6.42 Å². The van der Waals surface area contributed by atoms with Crippen LogP contribution >= 0.6 is 0 Å². The van der Waals surface area contributed by atoms with Crippen LogP contribution in [0.25, 0.3) is 73.5 Å². The van der Waals surface area contributed by atoms with Gasteiger partial charge >= 0.3 is 0 Å². The van der Waals surface area contributed by atoms with Crippen LogP contribution in [-0.2, 0) is 6.42 Å². The van der Waals surface area contributed by atoms with E-state index in [0.29, 0.717) is 23.9 Å². The zero-order valence-electron chi connectivity index (χ0n) is 31.2. The van der Waals surface area contributed by atoms with E-state index in [4.69, 9.17) is 21.4 Å². The number of benzene rings is 5. The molecular weight excluding hydrogens is 695 g/mol. The summed E-state index contributed by atoms with van der Waals surface area (Å²) in [5, 5.41) is 4.31. The Hall–Kier alpha value is -7.55. The predicted octanol–water partition coefficient (Wildman–Crippen LogP) is 10.0. The molecule has 5 aromatic carbocycles. The number of rotatable bonds is 8. The van der Waals surface area contributed by atoms with Gasteiger partial charge < -0.3 is 0 Å². The summed E-state index contributed by atoms with van der Waals surface area (Å²) in [6.45, 7) is 0. The highest BCUT2D eigenvalue weighted by molar-refractivity contribution is 5.86. The molecule has 1 unspecified atom stereocenters. The van der Waals surface area contributed by atoms with Gasteiger partial charge in [0.1, 0.15) is 5.82 Å². The summed E-state index contributed by atoms with van der Waals surface area (Å²) in [5.74, 6) is 4.77. The third kappa shape index (κ3) is 7.84. The fraction of sp³-hybridized carbons (Fsp3) is 0.0577. The van der Waals surface area contributed by atoms with Crippen molar-refractivity contribution in [3.05, 3.63) is 204 Å². The number of nitrogens with zero attached hydrogens (tertiary/aromatic N) is 5. The lowest BCUT2D eigenvalue weighted by molar-refractivity contribution is 0.856. The quantitative estimate of drug-likeness (QED) is 0.146. The Kier molecular flexibility index (Phi) is 9.90. The van der Waals surface area contributed by atoms with E-state index in [2.05, 4.69) is 143 Å². The van der Waals surface area contributed by atoms with Gasteiger partial charge in [-0.3, -0.25) is 9.97 Å². The van der Waals surface area contributed by atoms with E-state index in [1.54, 1.807) is 12.3 Å². The second-order valence-corrected chi connectivity index (χ2v) is 14.1. The van der Waals surface area contributed by atoms with Crippen LogP contribution in [0.3, 0.4) is 0 Å². The number of allylic oxidation sites excluding steroid dienone is 4. The second kappa shape index (κ2) is 16.0. The lowest BCUT2D eigenvalue weighted by atomic mass is 9.86. The van der Waals surface area contributed by atoms with E-state index >= 15 is 0 Å². The van der Waals surface area contributed by atoms with Crippen molar-refractivity contribution in [2.45, 2.75) is 18.8 Å². The lowest BCUT2D eigenvalue weighted by Crippen LogP contribution is -2.23. The Morgan fingerprint density at radius 3 is 1.96 bits per heavy atom. The maximum Gasteiger partial charge on any atom is 0.163 e. The fourth-order valence-electron chi connectivity index (χ4n) is 7.38. The number of hydrogen-bond acceptors (Lipinski definition) is 5. The van der Waals surface area contributed by atoms with Gasteiger partial charge in [0, 0.05) is 48.3 Å². The first-order chi connectivity index (χ1) is 28.2. The summed E-state index contributed by atoms with van der Waals surface area (Å²) < 4.78 is 0. The zero-order chi connectivity index (χ0) is 38.4. The van der Waals surface area contributed by atoms with Crippen molar-refractivity contribution in [1.29, 1.82) is 0 Å². The van der Waals surface area contributed by atoms with Crippen molar-refractivity contribution in [3.8, 4) is 57.4 Å². The highest BCUT2D eigenvalue weighted by Crippen LogP contribution is 2.36. The standard InChI is InChI=1S/C52H37N5/c1-2-9-36-10-3-4-11-37(36)26-27-50-55-51(44-25-24-38-12-5-6-13-43(38)30-44)57-52(56-50)49-32-47(41-20-16-39(17-21-41)45-14-7-28-53-34-45)31-48(33-49)42-22-18-40(19-23-42)46-15-8-29-54-35-46/h1,3-22,24-26,28-35,42H,23,27H2/b36-9-,37-26-. The molecule has 0 saturated carbocycles. The Balaban J connectivity index is 1.17. The Morgan fingerprint density at radius 1 is 0.579 bits per heavy atom. The first-order valence-corrected chi connectivity index (χ1v) is 19.1. The smallest absolute Gasteiger partial charge is 0.163 e. The second-order valence-electron chi connectivity index (χ2n) is 14.1. The minimum Gasteiger partial charge on any atom is -0.264 e. The monoisotopic (exact) mass is 731 g/mol. The molecular formula is C52H37N5. The van der Waals surface area contributed by atoms with Gasteiger partial charge in [-0.25, -0.2) is 15.0 Å². The van der Waals surface area contributed by atoms with Crippen LogP contribution in [0, 0.1) is 12.3 Å². The summed E-state index contributed by atoms with van der Waals surface area (Å²) in [6, 6.07) is 46.4. The summed E-state index contributed by atoms with van der Waals surface area (Å²) in [4.78, 5) is 24.1. The molecule has 3 heterocycles. The molecule has 0 saturated heterocycles. The van der Waals surface area contributed by atoms with Crippen LogP contribution in [-0.4, -0.2) is 24.9 Å². The van der Waals surface area contributed by atoms with Gasteiger partial charge in [0.05, 0.1) is 0 Å². The number of pyridine rings is 2. The number of terminal acetylenes is 1. The Labute approximate surface area is 332 Å². The summed E-state index contributed by atoms with van der Waals surface area (Å²) in [6.07, 6.45) is 25.2. The van der Waals surface area contributed by atoms with Crippen LogP contribution in [0.2, 0.25) is 0 Å². The molecule has 0 fully saturated rings. The molecule has 9 rings (SSSR count). The molecule has 5 nitrogen and oxygen atoms in total. The first-order valence-electron chi connectivity index (χ1n) is 19.1. The number of aromatic nitrogens is 5. The molecule has 0 bridgehead atoms. The van der Waals surface area contributed by atoms with Gasteiger partial charge in [0.15, 0.2) is 11.6 Å². The Morgan fingerprint density at radius 2 is 1.25 bits per heavy atom. The van der Waals surface area contributed by atoms with Crippen molar-refractivity contribution in [3.63, 3.8) is 0 Å². The molecule has 0 spiro atoms. The van der Waals surface area contributed by atoms with Gasteiger partial charge in [0.25, 0.3) is 0 Å². The van der Waals surface area contributed by atoms with Crippen molar-refractivity contribution < 1.29 is 0 Å². The van der Waals surface area contributed by atoms with Crippen molar-refractivity contribution in [2.24, 2.45) is 0 Å². The van der Waals surface area contributed by atoms with Crippen LogP contribution < -0.4 is 10.4 Å². The van der Waals surface area contributed by atoms with Crippen molar-refractivity contribution >= 4 is 28.5 Å². The van der Waals surface area contributed by atoms with Crippen LogP contribution in [0.1, 0.15) is 29.3 Å². The van der Waals surface area contributed by atoms with Gasteiger partial charge in [-0.05, 0) is 103 Å². The number of hydrogen-bond donors (Lipinski definition) is 0. The molecule has 0 radical (unpaired) electrons. The third-order valence-electron chi connectivity index (χ3n) is 10.4. The first kappa shape index (κ1) is 35.2. The van der Waals surface area contributed by atoms with Crippen molar-refractivity contribution in [2.75, 3.05) is 0 Å². The highest BCUT2D eigenvalue weighted by Gasteiger charge is 2.18. The Bertz CT molecular complexity index is 2960. The topological polar surface area (TPSA) is 64.5 Å². The van der Waals surface area contributed by atoms with Gasteiger partial charge in [0.2, 0.25) is 0 Å². The summed E-state index contributed by atoms with van der Waals surface area (Å²) in [7, 11) is 0. The largest absolute Gasteiger partial charge is 0.264 e. The molecule has 0 N–H and O–H groups in total. The van der Waals surface area contributed by atoms with Crippen LogP contribution in [0.5, 0.6) is 0 Å².